The van der Waals surface area contributed by atoms with E-state index in [9.17, 15) is 0 Å². The highest BCUT2D eigenvalue weighted by Gasteiger charge is 2.08. The van der Waals surface area contributed by atoms with E-state index in [-0.39, 0.29) is 0 Å². The molecule has 0 saturated heterocycles. The van der Waals surface area contributed by atoms with Crippen molar-refractivity contribution in [3.05, 3.63) is 46.6 Å². The molecular formula is C13H16ClN3. The molecule has 1 aromatic heterocycles. The molecule has 0 unspecified atom stereocenters. The van der Waals surface area contributed by atoms with Crippen LogP contribution in [0.2, 0.25) is 5.02 Å². The predicted molar refractivity (Wildman–Crippen MR) is 71.3 cm³/mol. The van der Waals surface area contributed by atoms with E-state index >= 15 is 0 Å². The van der Waals surface area contributed by atoms with E-state index in [1.807, 2.05) is 30.3 Å². The Labute approximate surface area is 106 Å². The van der Waals surface area contributed by atoms with Crippen molar-refractivity contribution in [3.8, 4) is 0 Å². The second-order valence-electron chi connectivity index (χ2n) is 4.44. The van der Waals surface area contributed by atoms with Crippen molar-refractivity contribution in [2.24, 2.45) is 0 Å². The van der Waals surface area contributed by atoms with E-state index in [2.05, 4.69) is 18.9 Å². The largest absolute Gasteiger partial charge is 0.384 e. The number of anilines is 1. The third-order valence-electron chi connectivity index (χ3n) is 2.64. The molecule has 0 amide bonds. The number of rotatable bonds is 3. The Kier molecular flexibility index (Phi) is 3.38. The number of nitrogens with two attached hydrogens (primary N) is 1. The zero-order valence-electron chi connectivity index (χ0n) is 10.0. The second-order valence-corrected chi connectivity index (χ2v) is 4.87. The molecule has 3 nitrogen and oxygen atoms in total. The molecule has 0 aliphatic carbocycles. The Morgan fingerprint density at radius 2 is 2.12 bits per heavy atom. The summed E-state index contributed by atoms with van der Waals surface area (Å²) < 4.78 is 1.81. The van der Waals surface area contributed by atoms with Crippen molar-refractivity contribution in [3.63, 3.8) is 0 Å². The molecule has 0 bridgehead atoms. The van der Waals surface area contributed by atoms with Gasteiger partial charge in [0.2, 0.25) is 0 Å². The first-order valence-electron chi connectivity index (χ1n) is 5.64. The molecule has 1 heterocycles. The van der Waals surface area contributed by atoms with Gasteiger partial charge >= 0.3 is 0 Å². The average molecular weight is 250 g/mol. The van der Waals surface area contributed by atoms with Crippen LogP contribution in [0, 0.1) is 0 Å². The topological polar surface area (TPSA) is 43.8 Å². The number of hydrogen-bond donors (Lipinski definition) is 1. The quantitative estimate of drug-likeness (QED) is 0.907. The minimum absolute atomic E-state index is 0.387. The number of halogens is 1. The maximum Gasteiger partial charge on any atom is 0.122 e. The van der Waals surface area contributed by atoms with Gasteiger partial charge in [-0.3, -0.25) is 0 Å². The van der Waals surface area contributed by atoms with Gasteiger partial charge in [0.05, 0.1) is 12.2 Å². The van der Waals surface area contributed by atoms with Crippen LogP contribution in [0.5, 0.6) is 0 Å². The van der Waals surface area contributed by atoms with Crippen LogP contribution in [0.15, 0.2) is 30.3 Å². The fourth-order valence-corrected chi connectivity index (χ4v) is 1.88. The van der Waals surface area contributed by atoms with Crippen LogP contribution in [0.4, 0.5) is 5.82 Å². The van der Waals surface area contributed by atoms with Gasteiger partial charge in [0.15, 0.2) is 0 Å². The zero-order chi connectivity index (χ0) is 12.4. The van der Waals surface area contributed by atoms with Crippen molar-refractivity contribution >= 4 is 17.4 Å². The number of hydrogen-bond acceptors (Lipinski definition) is 2. The van der Waals surface area contributed by atoms with Crippen LogP contribution >= 0.6 is 11.6 Å². The molecular weight excluding hydrogens is 234 g/mol. The first-order chi connectivity index (χ1) is 8.06. The summed E-state index contributed by atoms with van der Waals surface area (Å²) in [7, 11) is 0. The van der Waals surface area contributed by atoms with Gasteiger partial charge in [0.1, 0.15) is 5.82 Å². The molecule has 0 spiro atoms. The Morgan fingerprint density at radius 1 is 1.35 bits per heavy atom. The average Bonchev–Trinajstić information content (AvgIpc) is 2.61. The van der Waals surface area contributed by atoms with Crippen LogP contribution in [0.1, 0.15) is 31.0 Å². The minimum Gasteiger partial charge on any atom is -0.384 e. The number of nitrogen functional groups attached to an aromatic ring is 1. The highest BCUT2D eigenvalue weighted by molar-refractivity contribution is 6.30. The van der Waals surface area contributed by atoms with Gasteiger partial charge in [0.25, 0.3) is 0 Å². The molecule has 0 aliphatic rings. The molecule has 1 aromatic carbocycles. The highest BCUT2D eigenvalue weighted by atomic mass is 35.5. The van der Waals surface area contributed by atoms with Crippen LogP contribution in [0.25, 0.3) is 0 Å². The third kappa shape index (κ3) is 2.80. The van der Waals surface area contributed by atoms with E-state index < -0.39 is 0 Å². The van der Waals surface area contributed by atoms with E-state index in [1.165, 1.54) is 0 Å². The van der Waals surface area contributed by atoms with Crippen molar-refractivity contribution in [1.82, 2.24) is 9.78 Å². The van der Waals surface area contributed by atoms with Gasteiger partial charge in [-0.25, -0.2) is 4.68 Å². The molecule has 0 saturated carbocycles. The molecule has 90 valence electrons. The summed E-state index contributed by atoms with van der Waals surface area (Å²) in [4.78, 5) is 0. The minimum atomic E-state index is 0.387. The van der Waals surface area contributed by atoms with E-state index in [1.54, 1.807) is 4.68 Å². The van der Waals surface area contributed by atoms with Crippen molar-refractivity contribution in [2.45, 2.75) is 26.3 Å². The molecule has 0 fully saturated rings. The predicted octanol–water partition coefficient (Wildman–Crippen LogP) is 3.29. The number of aromatic nitrogens is 2. The third-order valence-corrected chi connectivity index (χ3v) is 2.88. The first kappa shape index (κ1) is 12.0. The summed E-state index contributed by atoms with van der Waals surface area (Å²) in [5.74, 6) is 1.08. The summed E-state index contributed by atoms with van der Waals surface area (Å²) in [6, 6.07) is 9.66. The Morgan fingerprint density at radius 3 is 2.71 bits per heavy atom. The van der Waals surface area contributed by atoms with Crippen molar-refractivity contribution in [2.75, 3.05) is 5.73 Å². The summed E-state index contributed by atoms with van der Waals surface area (Å²) in [5, 5.41) is 5.22. The monoisotopic (exact) mass is 249 g/mol. The first-order valence-corrected chi connectivity index (χ1v) is 6.01. The summed E-state index contributed by atoms with van der Waals surface area (Å²) in [6.07, 6.45) is 0. The van der Waals surface area contributed by atoms with Crippen LogP contribution in [-0.4, -0.2) is 9.78 Å². The summed E-state index contributed by atoms with van der Waals surface area (Å²) in [6.45, 7) is 4.86. The zero-order valence-corrected chi connectivity index (χ0v) is 10.8. The van der Waals surface area contributed by atoms with Gasteiger partial charge in [0, 0.05) is 11.1 Å². The lowest BCUT2D eigenvalue weighted by molar-refractivity contribution is 0.665. The number of nitrogens with zero attached hydrogens (tertiary/aromatic N) is 2. The van der Waals surface area contributed by atoms with Crippen molar-refractivity contribution in [1.29, 1.82) is 0 Å². The van der Waals surface area contributed by atoms with Gasteiger partial charge in [-0.2, -0.15) is 5.10 Å². The van der Waals surface area contributed by atoms with Gasteiger partial charge in [-0.05, 0) is 23.6 Å². The SMILES string of the molecule is CC(C)c1cc(N)n(Cc2cccc(Cl)c2)n1. The number of benzene rings is 1. The van der Waals surface area contributed by atoms with E-state index in [0.29, 0.717) is 18.3 Å². The smallest absolute Gasteiger partial charge is 0.122 e. The maximum absolute atomic E-state index is 5.95. The fraction of sp³-hybridized carbons (Fsp3) is 0.308. The summed E-state index contributed by atoms with van der Waals surface area (Å²) in [5.41, 5.74) is 8.05. The van der Waals surface area contributed by atoms with Crippen LogP contribution < -0.4 is 5.73 Å². The molecule has 17 heavy (non-hydrogen) atoms. The molecule has 2 N–H and O–H groups in total. The van der Waals surface area contributed by atoms with Gasteiger partial charge in [-0.15, -0.1) is 0 Å². The van der Waals surface area contributed by atoms with Gasteiger partial charge < -0.3 is 5.73 Å². The van der Waals surface area contributed by atoms with Crippen LogP contribution in [-0.2, 0) is 6.54 Å². The van der Waals surface area contributed by atoms with Crippen molar-refractivity contribution < 1.29 is 0 Å². The molecule has 0 radical (unpaired) electrons. The van der Waals surface area contributed by atoms with E-state index in [4.69, 9.17) is 17.3 Å². The standard InChI is InChI=1S/C13H16ClN3/c1-9(2)12-7-13(15)17(16-12)8-10-4-3-5-11(14)6-10/h3-7,9H,8,15H2,1-2H3. The normalized spacial score (nSPS) is 11.1. The Balaban J connectivity index is 2.24. The lowest BCUT2D eigenvalue weighted by Gasteiger charge is -2.05. The lowest BCUT2D eigenvalue weighted by atomic mass is 10.1. The molecule has 2 aromatic rings. The molecule has 2 rings (SSSR count). The van der Waals surface area contributed by atoms with Gasteiger partial charge in [-0.1, -0.05) is 37.6 Å². The fourth-order valence-electron chi connectivity index (χ4n) is 1.67. The molecule has 0 atom stereocenters. The molecule has 4 heteroatoms. The highest BCUT2D eigenvalue weighted by Crippen LogP contribution is 2.18. The second kappa shape index (κ2) is 4.80. The van der Waals surface area contributed by atoms with E-state index in [0.717, 1.165) is 16.3 Å². The summed E-state index contributed by atoms with van der Waals surface area (Å²) >= 11 is 5.95. The lowest BCUT2D eigenvalue weighted by Crippen LogP contribution is -2.06. The Hall–Kier alpha value is -1.48. The molecule has 0 aliphatic heterocycles. The van der Waals surface area contributed by atoms with Crippen LogP contribution in [0.3, 0.4) is 0 Å². The maximum atomic E-state index is 5.95. The Bertz CT molecular complexity index is 517.